The summed E-state index contributed by atoms with van der Waals surface area (Å²) in [6, 6.07) is 0.705. The van der Waals surface area contributed by atoms with Crippen molar-refractivity contribution in [1.29, 1.82) is 0 Å². The normalized spacial score (nSPS) is 13.5. The fourth-order valence-corrected chi connectivity index (χ4v) is 2.04. The first-order valence-corrected chi connectivity index (χ1v) is 6.33. The van der Waals surface area contributed by atoms with Gasteiger partial charge in [-0.15, -0.1) is 0 Å². The van der Waals surface area contributed by atoms with Gasteiger partial charge in [0.25, 0.3) is 0 Å². The van der Waals surface area contributed by atoms with Gasteiger partial charge in [-0.25, -0.2) is 0 Å². The quantitative estimate of drug-likeness (QED) is 0.897. The van der Waals surface area contributed by atoms with E-state index in [0.29, 0.717) is 12.1 Å². The molecule has 15 heavy (non-hydrogen) atoms. The molecule has 0 aliphatic rings. The second kappa shape index (κ2) is 5.66. The summed E-state index contributed by atoms with van der Waals surface area (Å²) in [7, 11) is 0. The van der Waals surface area contributed by atoms with Crippen LogP contribution in [0, 0.1) is 0 Å². The van der Waals surface area contributed by atoms with Crippen LogP contribution in [0.25, 0.3) is 0 Å². The molecular formula is C11H20BrN3. The molecule has 1 unspecified atom stereocenters. The summed E-state index contributed by atoms with van der Waals surface area (Å²) < 4.78 is 3.16. The molecule has 0 aliphatic carbocycles. The van der Waals surface area contributed by atoms with Gasteiger partial charge >= 0.3 is 0 Å². The number of aromatic nitrogens is 2. The Morgan fingerprint density at radius 3 is 2.73 bits per heavy atom. The number of halogens is 1. The lowest BCUT2D eigenvalue weighted by Gasteiger charge is -2.13. The predicted molar refractivity (Wildman–Crippen MR) is 66.9 cm³/mol. The number of nitrogens with zero attached hydrogens (tertiary/aromatic N) is 2. The van der Waals surface area contributed by atoms with Crippen LogP contribution in [0.2, 0.25) is 0 Å². The summed E-state index contributed by atoms with van der Waals surface area (Å²) in [5.74, 6) is 0. The molecule has 0 amide bonds. The van der Waals surface area contributed by atoms with Crippen molar-refractivity contribution >= 4 is 15.9 Å². The Kier molecular flexibility index (Phi) is 4.80. The molecule has 1 rings (SSSR count). The molecule has 0 radical (unpaired) electrons. The number of nitrogens with two attached hydrogens (primary N) is 1. The molecule has 0 bridgehead atoms. The highest BCUT2D eigenvalue weighted by molar-refractivity contribution is 9.10. The molecule has 86 valence electrons. The highest BCUT2D eigenvalue weighted by Crippen LogP contribution is 2.21. The van der Waals surface area contributed by atoms with E-state index in [4.69, 9.17) is 5.73 Å². The maximum absolute atomic E-state index is 5.92. The minimum atomic E-state index is 0.299. The molecule has 2 N–H and O–H groups in total. The first-order valence-electron chi connectivity index (χ1n) is 5.53. The van der Waals surface area contributed by atoms with Gasteiger partial charge in [0.1, 0.15) is 0 Å². The maximum atomic E-state index is 5.92. The Labute approximate surface area is 100 Å². The summed E-state index contributed by atoms with van der Waals surface area (Å²) in [5.41, 5.74) is 7.18. The van der Waals surface area contributed by atoms with Crippen LogP contribution in [0.5, 0.6) is 0 Å². The van der Waals surface area contributed by atoms with Crippen LogP contribution in [-0.2, 0) is 6.42 Å². The topological polar surface area (TPSA) is 43.8 Å². The second-order valence-electron chi connectivity index (χ2n) is 4.18. The molecule has 1 heterocycles. The molecule has 1 aromatic heterocycles. The number of rotatable bonds is 5. The van der Waals surface area contributed by atoms with E-state index in [0.717, 1.165) is 23.7 Å². The first kappa shape index (κ1) is 12.7. The Morgan fingerprint density at radius 1 is 1.53 bits per heavy atom. The van der Waals surface area contributed by atoms with E-state index < -0.39 is 0 Å². The number of hydrogen-bond acceptors (Lipinski definition) is 2. The van der Waals surface area contributed by atoms with Crippen LogP contribution < -0.4 is 5.73 Å². The minimum absolute atomic E-state index is 0.299. The van der Waals surface area contributed by atoms with Crippen molar-refractivity contribution in [3.8, 4) is 0 Å². The fourth-order valence-electron chi connectivity index (χ4n) is 1.57. The smallest absolute Gasteiger partial charge is 0.0635 e. The summed E-state index contributed by atoms with van der Waals surface area (Å²) in [5, 5.41) is 4.35. The molecule has 1 aromatic rings. The van der Waals surface area contributed by atoms with Crippen molar-refractivity contribution in [2.45, 2.75) is 52.1 Å². The number of hydrogen-bond donors (Lipinski definition) is 1. The molecule has 0 fully saturated rings. The van der Waals surface area contributed by atoms with E-state index >= 15 is 0 Å². The van der Waals surface area contributed by atoms with Gasteiger partial charge in [0.15, 0.2) is 0 Å². The molecule has 1 atom stereocenters. The van der Waals surface area contributed by atoms with E-state index in [1.807, 2.05) is 6.20 Å². The standard InChI is InChI=1S/C11H20BrN3/c1-4-9(13)5-6-11-10(12)7-14-15(11)8(2)3/h7-9H,4-6,13H2,1-3H3. The Hall–Kier alpha value is -0.350. The average Bonchev–Trinajstić information content (AvgIpc) is 2.56. The summed E-state index contributed by atoms with van der Waals surface area (Å²) in [6.45, 7) is 6.41. The largest absolute Gasteiger partial charge is 0.328 e. The Morgan fingerprint density at radius 2 is 2.20 bits per heavy atom. The van der Waals surface area contributed by atoms with Crippen molar-refractivity contribution in [3.63, 3.8) is 0 Å². The van der Waals surface area contributed by atoms with Gasteiger partial charge in [0.2, 0.25) is 0 Å². The zero-order valence-electron chi connectivity index (χ0n) is 9.70. The van der Waals surface area contributed by atoms with Crippen LogP contribution in [-0.4, -0.2) is 15.8 Å². The van der Waals surface area contributed by atoms with Crippen molar-refractivity contribution in [3.05, 3.63) is 16.4 Å². The van der Waals surface area contributed by atoms with E-state index in [2.05, 4.69) is 46.5 Å². The molecule has 4 heteroatoms. The maximum Gasteiger partial charge on any atom is 0.0635 e. The molecule has 0 spiro atoms. The van der Waals surface area contributed by atoms with E-state index in [-0.39, 0.29) is 0 Å². The van der Waals surface area contributed by atoms with Crippen LogP contribution in [0.15, 0.2) is 10.7 Å². The first-order chi connectivity index (χ1) is 7.06. The monoisotopic (exact) mass is 273 g/mol. The lowest BCUT2D eigenvalue weighted by molar-refractivity contribution is 0.493. The summed E-state index contributed by atoms with van der Waals surface area (Å²) >= 11 is 3.53. The molecule has 0 aromatic carbocycles. The van der Waals surface area contributed by atoms with Crippen molar-refractivity contribution in [1.82, 2.24) is 9.78 Å². The minimum Gasteiger partial charge on any atom is -0.328 e. The highest BCUT2D eigenvalue weighted by atomic mass is 79.9. The van der Waals surface area contributed by atoms with Gasteiger partial charge in [-0.3, -0.25) is 4.68 Å². The molecular weight excluding hydrogens is 254 g/mol. The van der Waals surface area contributed by atoms with Gasteiger partial charge in [-0.05, 0) is 49.0 Å². The van der Waals surface area contributed by atoms with E-state index in [9.17, 15) is 0 Å². The van der Waals surface area contributed by atoms with Gasteiger partial charge < -0.3 is 5.73 Å². The van der Waals surface area contributed by atoms with Gasteiger partial charge in [-0.1, -0.05) is 6.92 Å². The summed E-state index contributed by atoms with van der Waals surface area (Å²) in [6.07, 6.45) is 4.92. The van der Waals surface area contributed by atoms with Crippen LogP contribution in [0.4, 0.5) is 0 Å². The van der Waals surface area contributed by atoms with Crippen molar-refractivity contribution in [2.24, 2.45) is 5.73 Å². The van der Waals surface area contributed by atoms with Crippen molar-refractivity contribution in [2.75, 3.05) is 0 Å². The third-order valence-electron chi connectivity index (χ3n) is 2.61. The third kappa shape index (κ3) is 3.31. The van der Waals surface area contributed by atoms with Crippen molar-refractivity contribution < 1.29 is 0 Å². The SMILES string of the molecule is CCC(N)CCc1c(Br)cnn1C(C)C. The van der Waals surface area contributed by atoms with Gasteiger partial charge in [0, 0.05) is 12.1 Å². The fraction of sp³-hybridized carbons (Fsp3) is 0.727. The Bertz CT molecular complexity index is 307. The zero-order chi connectivity index (χ0) is 11.4. The Balaban J connectivity index is 2.70. The van der Waals surface area contributed by atoms with Crippen LogP contribution in [0.1, 0.15) is 45.3 Å². The second-order valence-corrected chi connectivity index (χ2v) is 5.04. The lowest BCUT2D eigenvalue weighted by Crippen LogP contribution is -2.20. The predicted octanol–water partition coefficient (Wildman–Crippen LogP) is 2.90. The van der Waals surface area contributed by atoms with Crippen LogP contribution >= 0.6 is 15.9 Å². The molecule has 3 nitrogen and oxygen atoms in total. The summed E-state index contributed by atoms with van der Waals surface area (Å²) in [4.78, 5) is 0. The van der Waals surface area contributed by atoms with E-state index in [1.165, 1.54) is 5.69 Å². The molecule has 0 saturated heterocycles. The lowest BCUT2D eigenvalue weighted by atomic mass is 10.1. The van der Waals surface area contributed by atoms with Gasteiger partial charge in [-0.2, -0.15) is 5.10 Å². The van der Waals surface area contributed by atoms with Crippen LogP contribution in [0.3, 0.4) is 0 Å². The van der Waals surface area contributed by atoms with Gasteiger partial charge in [0.05, 0.1) is 16.4 Å². The third-order valence-corrected chi connectivity index (χ3v) is 3.28. The molecule has 0 aliphatic heterocycles. The molecule has 0 saturated carbocycles. The van der Waals surface area contributed by atoms with E-state index in [1.54, 1.807) is 0 Å². The zero-order valence-corrected chi connectivity index (χ0v) is 11.3. The average molecular weight is 274 g/mol. The highest BCUT2D eigenvalue weighted by Gasteiger charge is 2.12.